The lowest BCUT2D eigenvalue weighted by molar-refractivity contribution is -0.139. The van der Waals surface area contributed by atoms with Crippen LogP contribution in [0.1, 0.15) is 6.92 Å². The number of hydrogen-bond donors (Lipinski definition) is 2. The highest BCUT2D eigenvalue weighted by molar-refractivity contribution is 5.85. The van der Waals surface area contributed by atoms with Crippen molar-refractivity contribution < 1.29 is 4.79 Å². The van der Waals surface area contributed by atoms with Gasteiger partial charge in [-0.25, -0.2) is 0 Å². The van der Waals surface area contributed by atoms with Gasteiger partial charge < -0.3 is 15.5 Å². The van der Waals surface area contributed by atoms with E-state index in [1.165, 1.54) is 0 Å². The SMILES string of the molecule is C[C@H]1CNCCN1C(=O)C1CNC1.Cl. The molecule has 2 rings (SSSR count). The molecule has 2 aliphatic rings. The summed E-state index contributed by atoms with van der Waals surface area (Å²) in [5, 5.41) is 6.42. The van der Waals surface area contributed by atoms with Crippen molar-refractivity contribution in [3.63, 3.8) is 0 Å². The zero-order chi connectivity index (χ0) is 9.26. The van der Waals surface area contributed by atoms with E-state index in [0.29, 0.717) is 11.9 Å². The number of amides is 1. The summed E-state index contributed by atoms with van der Waals surface area (Å²) in [6.45, 7) is 6.60. The Hall–Kier alpha value is -0.320. The third-order valence-electron chi connectivity index (χ3n) is 2.92. The Morgan fingerprint density at radius 2 is 2.00 bits per heavy atom. The van der Waals surface area contributed by atoms with Gasteiger partial charge in [-0.3, -0.25) is 4.79 Å². The molecule has 0 saturated carbocycles. The molecule has 2 saturated heterocycles. The molecule has 2 heterocycles. The molecule has 0 aromatic carbocycles. The van der Waals surface area contributed by atoms with Gasteiger partial charge in [-0.15, -0.1) is 12.4 Å². The van der Waals surface area contributed by atoms with Gasteiger partial charge >= 0.3 is 0 Å². The van der Waals surface area contributed by atoms with E-state index < -0.39 is 0 Å². The van der Waals surface area contributed by atoms with Gasteiger partial charge in [-0.1, -0.05) is 0 Å². The fourth-order valence-electron chi connectivity index (χ4n) is 1.87. The lowest BCUT2D eigenvalue weighted by atomic mass is 10.0. The first-order chi connectivity index (χ1) is 6.29. The average molecular weight is 220 g/mol. The topological polar surface area (TPSA) is 44.4 Å². The Labute approximate surface area is 90.8 Å². The number of rotatable bonds is 1. The molecule has 0 unspecified atom stereocenters. The molecular weight excluding hydrogens is 202 g/mol. The van der Waals surface area contributed by atoms with Crippen LogP contribution in [0, 0.1) is 5.92 Å². The zero-order valence-electron chi connectivity index (χ0n) is 8.45. The van der Waals surface area contributed by atoms with Crippen molar-refractivity contribution in [1.82, 2.24) is 15.5 Å². The standard InChI is InChI=1S/C9H17N3O.ClH/c1-7-4-10-2-3-12(7)9(13)8-5-11-6-8;/h7-8,10-11H,2-6H2,1H3;1H/t7-;/m0./s1. The predicted molar refractivity (Wildman–Crippen MR) is 57.7 cm³/mol. The Morgan fingerprint density at radius 3 is 2.50 bits per heavy atom. The second-order valence-corrected chi connectivity index (χ2v) is 3.94. The van der Waals surface area contributed by atoms with Gasteiger partial charge in [0.1, 0.15) is 0 Å². The van der Waals surface area contributed by atoms with Crippen molar-refractivity contribution in [3.05, 3.63) is 0 Å². The molecule has 2 fully saturated rings. The maximum Gasteiger partial charge on any atom is 0.228 e. The minimum Gasteiger partial charge on any atom is -0.337 e. The Balaban J connectivity index is 0.000000980. The highest BCUT2D eigenvalue weighted by Gasteiger charge is 2.32. The van der Waals surface area contributed by atoms with Crippen LogP contribution in [0.5, 0.6) is 0 Å². The van der Waals surface area contributed by atoms with E-state index in [1.54, 1.807) is 0 Å². The number of hydrogen-bond acceptors (Lipinski definition) is 3. The average Bonchev–Trinajstić information content (AvgIpc) is 2.01. The van der Waals surface area contributed by atoms with Gasteiger partial charge in [-0.05, 0) is 6.92 Å². The molecule has 82 valence electrons. The minimum absolute atomic E-state index is 0. The number of carbonyl (C=O) groups is 1. The van der Waals surface area contributed by atoms with E-state index in [4.69, 9.17) is 0 Å². The van der Waals surface area contributed by atoms with Crippen LogP contribution in [0.25, 0.3) is 0 Å². The first kappa shape index (κ1) is 11.8. The van der Waals surface area contributed by atoms with Crippen LogP contribution in [-0.2, 0) is 4.79 Å². The maximum absolute atomic E-state index is 11.8. The lowest BCUT2D eigenvalue weighted by Crippen LogP contribution is -2.58. The normalized spacial score (nSPS) is 27.8. The molecule has 0 aromatic rings. The van der Waals surface area contributed by atoms with Crippen LogP contribution in [-0.4, -0.2) is 49.6 Å². The number of piperazine rings is 1. The highest BCUT2D eigenvalue weighted by atomic mass is 35.5. The van der Waals surface area contributed by atoms with Crippen LogP contribution in [0.3, 0.4) is 0 Å². The van der Waals surface area contributed by atoms with Gasteiger partial charge in [0.25, 0.3) is 0 Å². The quantitative estimate of drug-likeness (QED) is 0.622. The predicted octanol–water partition coefficient (Wildman–Crippen LogP) is -0.552. The summed E-state index contributed by atoms with van der Waals surface area (Å²) in [4.78, 5) is 13.9. The van der Waals surface area contributed by atoms with E-state index >= 15 is 0 Å². The molecule has 2 aliphatic heterocycles. The van der Waals surface area contributed by atoms with Gasteiger partial charge in [0.05, 0.1) is 5.92 Å². The van der Waals surface area contributed by atoms with Crippen LogP contribution < -0.4 is 10.6 Å². The molecule has 1 atom stereocenters. The molecule has 0 aromatic heterocycles. The van der Waals surface area contributed by atoms with Crippen molar-refractivity contribution in [3.8, 4) is 0 Å². The summed E-state index contributed by atoms with van der Waals surface area (Å²) in [6, 6.07) is 0.363. The molecule has 4 nitrogen and oxygen atoms in total. The van der Waals surface area contributed by atoms with E-state index in [9.17, 15) is 4.79 Å². The smallest absolute Gasteiger partial charge is 0.228 e. The first-order valence-electron chi connectivity index (χ1n) is 5.01. The van der Waals surface area contributed by atoms with Gasteiger partial charge in [0.2, 0.25) is 5.91 Å². The minimum atomic E-state index is 0. The molecule has 0 radical (unpaired) electrons. The van der Waals surface area contributed by atoms with Crippen LogP contribution in [0.2, 0.25) is 0 Å². The largest absolute Gasteiger partial charge is 0.337 e. The molecular formula is C9H18ClN3O. The lowest BCUT2D eigenvalue weighted by Gasteiger charge is -2.38. The monoisotopic (exact) mass is 219 g/mol. The van der Waals surface area contributed by atoms with Gasteiger partial charge in [0, 0.05) is 38.8 Å². The third kappa shape index (κ3) is 2.19. The van der Waals surface area contributed by atoms with Crippen LogP contribution in [0.4, 0.5) is 0 Å². The van der Waals surface area contributed by atoms with Crippen molar-refractivity contribution in [2.24, 2.45) is 5.92 Å². The number of carbonyl (C=O) groups excluding carboxylic acids is 1. The number of halogens is 1. The maximum atomic E-state index is 11.8. The summed E-state index contributed by atoms with van der Waals surface area (Å²) in [6.07, 6.45) is 0. The summed E-state index contributed by atoms with van der Waals surface area (Å²) < 4.78 is 0. The molecule has 0 aliphatic carbocycles. The molecule has 0 spiro atoms. The summed E-state index contributed by atoms with van der Waals surface area (Å²) in [5.41, 5.74) is 0. The Kier molecular flexibility index (Phi) is 4.16. The Morgan fingerprint density at radius 1 is 1.29 bits per heavy atom. The zero-order valence-corrected chi connectivity index (χ0v) is 9.27. The highest BCUT2D eigenvalue weighted by Crippen LogP contribution is 2.12. The third-order valence-corrected chi connectivity index (χ3v) is 2.92. The summed E-state index contributed by atoms with van der Waals surface area (Å²) >= 11 is 0. The number of nitrogens with one attached hydrogen (secondary N) is 2. The van der Waals surface area contributed by atoms with Crippen molar-refractivity contribution in [2.75, 3.05) is 32.7 Å². The van der Waals surface area contributed by atoms with Gasteiger partial charge in [-0.2, -0.15) is 0 Å². The Bertz CT molecular complexity index is 208. The number of nitrogens with zero attached hydrogens (tertiary/aromatic N) is 1. The van der Waals surface area contributed by atoms with Crippen molar-refractivity contribution in [1.29, 1.82) is 0 Å². The fourth-order valence-corrected chi connectivity index (χ4v) is 1.87. The molecule has 2 N–H and O–H groups in total. The van der Waals surface area contributed by atoms with E-state index in [-0.39, 0.29) is 18.3 Å². The molecule has 14 heavy (non-hydrogen) atoms. The molecule has 1 amide bonds. The second-order valence-electron chi connectivity index (χ2n) is 3.94. The summed E-state index contributed by atoms with van der Waals surface area (Å²) in [5.74, 6) is 0.591. The van der Waals surface area contributed by atoms with Crippen LogP contribution >= 0.6 is 12.4 Å². The van der Waals surface area contributed by atoms with E-state index in [1.807, 2.05) is 4.90 Å². The summed E-state index contributed by atoms with van der Waals surface area (Å²) in [7, 11) is 0. The second kappa shape index (κ2) is 4.96. The van der Waals surface area contributed by atoms with Crippen molar-refractivity contribution >= 4 is 18.3 Å². The van der Waals surface area contributed by atoms with E-state index in [2.05, 4.69) is 17.6 Å². The molecule has 5 heteroatoms. The fraction of sp³-hybridized carbons (Fsp3) is 0.889. The van der Waals surface area contributed by atoms with Crippen LogP contribution in [0.15, 0.2) is 0 Å². The van der Waals surface area contributed by atoms with Gasteiger partial charge in [0.15, 0.2) is 0 Å². The first-order valence-corrected chi connectivity index (χ1v) is 5.01. The van der Waals surface area contributed by atoms with Crippen molar-refractivity contribution in [2.45, 2.75) is 13.0 Å². The van der Waals surface area contributed by atoms with E-state index in [0.717, 1.165) is 32.7 Å². The molecule has 0 bridgehead atoms.